The van der Waals surface area contributed by atoms with Gasteiger partial charge >= 0.3 is 0 Å². The molecule has 0 aliphatic rings. The number of aromatic nitrogens is 1. The van der Waals surface area contributed by atoms with E-state index in [0.29, 0.717) is 22.0 Å². The van der Waals surface area contributed by atoms with Crippen LogP contribution in [0.4, 0.5) is 9.52 Å². The molecule has 0 atom stereocenters. The summed E-state index contributed by atoms with van der Waals surface area (Å²) in [6.45, 7) is 3.88. The van der Waals surface area contributed by atoms with E-state index in [1.807, 2.05) is 26.0 Å². The molecule has 25 heavy (non-hydrogen) atoms. The number of halogens is 1. The number of thiazole rings is 1. The van der Waals surface area contributed by atoms with Gasteiger partial charge in [-0.15, -0.1) is 11.3 Å². The van der Waals surface area contributed by atoms with Crippen molar-refractivity contribution in [1.82, 2.24) is 4.98 Å². The van der Waals surface area contributed by atoms with Crippen LogP contribution in [0.5, 0.6) is 5.75 Å². The Labute approximate surface area is 149 Å². The normalized spacial score (nSPS) is 10.6. The Balaban J connectivity index is 1.79. The van der Waals surface area contributed by atoms with Gasteiger partial charge in [-0.3, -0.25) is 10.1 Å². The van der Waals surface area contributed by atoms with Crippen LogP contribution < -0.4 is 10.1 Å². The van der Waals surface area contributed by atoms with Gasteiger partial charge in [0.2, 0.25) is 0 Å². The molecule has 3 aromatic rings. The molecule has 128 valence electrons. The molecule has 0 fully saturated rings. The Hall–Kier alpha value is -2.73. The van der Waals surface area contributed by atoms with Crippen LogP contribution in [0.3, 0.4) is 0 Å². The van der Waals surface area contributed by atoms with Crippen molar-refractivity contribution < 1.29 is 13.9 Å². The van der Waals surface area contributed by atoms with E-state index in [1.54, 1.807) is 23.6 Å². The lowest BCUT2D eigenvalue weighted by Crippen LogP contribution is -2.13. The molecular formula is C19H17FN2O2S. The first-order chi connectivity index (χ1) is 12.0. The van der Waals surface area contributed by atoms with E-state index in [1.165, 1.54) is 24.5 Å². The molecule has 0 saturated heterocycles. The number of carbonyl (C=O) groups excluding carboxylic acids is 1. The van der Waals surface area contributed by atoms with Crippen LogP contribution in [0.1, 0.15) is 21.5 Å². The van der Waals surface area contributed by atoms with Gasteiger partial charge in [-0.05, 0) is 43.7 Å². The van der Waals surface area contributed by atoms with E-state index in [2.05, 4.69) is 10.3 Å². The average molecular weight is 356 g/mol. The predicted octanol–water partition coefficient (Wildman–Crippen LogP) is 4.83. The van der Waals surface area contributed by atoms with Crippen LogP contribution in [0.15, 0.2) is 41.8 Å². The fourth-order valence-corrected chi connectivity index (χ4v) is 3.24. The number of nitrogens with zero attached hydrogens (tertiary/aromatic N) is 1. The molecule has 1 heterocycles. The lowest BCUT2D eigenvalue weighted by atomic mass is 10.1. The Bertz CT molecular complexity index is 937. The first kappa shape index (κ1) is 17.1. The number of nitrogens with one attached hydrogen (secondary N) is 1. The van der Waals surface area contributed by atoms with Crippen molar-refractivity contribution in [2.75, 3.05) is 12.4 Å². The quantitative estimate of drug-likeness (QED) is 0.729. The maximum absolute atomic E-state index is 13.8. The van der Waals surface area contributed by atoms with Gasteiger partial charge in [-0.1, -0.05) is 17.7 Å². The van der Waals surface area contributed by atoms with Crippen LogP contribution in [-0.2, 0) is 0 Å². The average Bonchev–Trinajstić information content (AvgIpc) is 3.03. The minimum atomic E-state index is -0.450. The smallest absolute Gasteiger partial charge is 0.257 e. The molecule has 0 unspecified atom stereocenters. The summed E-state index contributed by atoms with van der Waals surface area (Å²) in [5.74, 6) is -0.476. The van der Waals surface area contributed by atoms with Crippen molar-refractivity contribution in [3.63, 3.8) is 0 Å². The van der Waals surface area contributed by atoms with Crippen molar-refractivity contribution >= 4 is 22.4 Å². The zero-order valence-electron chi connectivity index (χ0n) is 14.1. The molecule has 0 spiro atoms. The van der Waals surface area contributed by atoms with Gasteiger partial charge < -0.3 is 4.74 Å². The number of ether oxygens (including phenoxy) is 1. The highest BCUT2D eigenvalue weighted by Crippen LogP contribution is 2.28. The van der Waals surface area contributed by atoms with Gasteiger partial charge in [-0.2, -0.15) is 0 Å². The minimum Gasteiger partial charge on any atom is -0.494 e. The van der Waals surface area contributed by atoms with Gasteiger partial charge in [0.15, 0.2) is 16.7 Å². The minimum absolute atomic E-state index is 0.183. The molecule has 0 aliphatic carbocycles. The fraction of sp³-hybridized carbons (Fsp3) is 0.158. The molecule has 0 bridgehead atoms. The third-order valence-electron chi connectivity index (χ3n) is 3.80. The van der Waals surface area contributed by atoms with Crippen molar-refractivity contribution in [2.45, 2.75) is 13.8 Å². The van der Waals surface area contributed by atoms with Gasteiger partial charge in [-0.25, -0.2) is 9.37 Å². The topological polar surface area (TPSA) is 51.2 Å². The number of benzene rings is 2. The standard InChI is InChI=1S/C19H17FN2O2S/c1-11-4-6-14(12(2)8-11)18(23)22-19-21-16(10-25-19)13-5-7-17(24-3)15(20)9-13/h4-10H,1-3H3,(H,21,22,23). The number of anilines is 1. The highest BCUT2D eigenvalue weighted by molar-refractivity contribution is 7.14. The van der Waals surface area contributed by atoms with Crippen LogP contribution in [0.2, 0.25) is 0 Å². The van der Waals surface area contributed by atoms with Gasteiger partial charge in [0.05, 0.1) is 12.8 Å². The maximum atomic E-state index is 13.8. The molecule has 1 amide bonds. The van der Waals surface area contributed by atoms with Crippen molar-refractivity contribution in [3.05, 3.63) is 64.3 Å². The molecule has 0 radical (unpaired) electrons. The second-order valence-electron chi connectivity index (χ2n) is 5.66. The van der Waals surface area contributed by atoms with Crippen molar-refractivity contribution in [1.29, 1.82) is 0 Å². The van der Waals surface area contributed by atoms with E-state index < -0.39 is 5.82 Å². The third-order valence-corrected chi connectivity index (χ3v) is 4.56. The summed E-state index contributed by atoms with van der Waals surface area (Å²) in [5.41, 5.74) is 3.85. The molecule has 1 N–H and O–H groups in total. The summed E-state index contributed by atoms with van der Waals surface area (Å²) in [6.07, 6.45) is 0. The summed E-state index contributed by atoms with van der Waals surface area (Å²) in [5, 5.41) is 5.04. The summed E-state index contributed by atoms with van der Waals surface area (Å²) in [6, 6.07) is 10.3. The van der Waals surface area contributed by atoms with E-state index in [0.717, 1.165) is 11.1 Å². The second kappa shape index (κ2) is 7.03. The van der Waals surface area contributed by atoms with Gasteiger partial charge in [0.1, 0.15) is 0 Å². The van der Waals surface area contributed by atoms with Crippen molar-refractivity contribution in [2.24, 2.45) is 0 Å². The lowest BCUT2D eigenvalue weighted by Gasteiger charge is -2.06. The second-order valence-corrected chi connectivity index (χ2v) is 6.52. The van der Waals surface area contributed by atoms with Crippen LogP contribution in [-0.4, -0.2) is 18.0 Å². The number of methoxy groups -OCH3 is 1. The van der Waals surface area contributed by atoms with Crippen molar-refractivity contribution in [3.8, 4) is 17.0 Å². The predicted molar refractivity (Wildman–Crippen MR) is 97.9 cm³/mol. The largest absolute Gasteiger partial charge is 0.494 e. The number of hydrogen-bond acceptors (Lipinski definition) is 4. The molecule has 6 heteroatoms. The summed E-state index contributed by atoms with van der Waals surface area (Å²) in [7, 11) is 1.42. The molecular weight excluding hydrogens is 339 g/mol. The lowest BCUT2D eigenvalue weighted by molar-refractivity contribution is 0.102. The molecule has 0 saturated carbocycles. The Morgan fingerprint density at radius 2 is 2.00 bits per heavy atom. The number of hydrogen-bond donors (Lipinski definition) is 1. The monoisotopic (exact) mass is 356 g/mol. The molecule has 2 aromatic carbocycles. The number of amides is 1. The van der Waals surface area contributed by atoms with E-state index >= 15 is 0 Å². The van der Waals surface area contributed by atoms with E-state index in [9.17, 15) is 9.18 Å². The van der Waals surface area contributed by atoms with Crippen LogP contribution in [0, 0.1) is 19.7 Å². The summed E-state index contributed by atoms with van der Waals surface area (Å²) in [4.78, 5) is 16.8. The zero-order valence-corrected chi connectivity index (χ0v) is 14.9. The molecule has 4 nitrogen and oxygen atoms in total. The van der Waals surface area contributed by atoms with E-state index in [-0.39, 0.29) is 11.7 Å². The molecule has 1 aromatic heterocycles. The first-order valence-corrected chi connectivity index (χ1v) is 8.54. The molecule has 3 rings (SSSR count). The van der Waals surface area contributed by atoms with E-state index in [4.69, 9.17) is 4.74 Å². The SMILES string of the molecule is COc1ccc(-c2csc(NC(=O)c3ccc(C)cc3C)n2)cc1F. The number of aryl methyl sites for hydroxylation is 2. The highest BCUT2D eigenvalue weighted by Gasteiger charge is 2.13. The Morgan fingerprint density at radius 3 is 2.68 bits per heavy atom. The Morgan fingerprint density at radius 1 is 1.20 bits per heavy atom. The van der Waals surface area contributed by atoms with Crippen LogP contribution in [0.25, 0.3) is 11.3 Å². The first-order valence-electron chi connectivity index (χ1n) is 7.66. The summed E-state index contributed by atoms with van der Waals surface area (Å²) < 4.78 is 18.7. The van der Waals surface area contributed by atoms with Gasteiger partial charge in [0, 0.05) is 16.5 Å². The maximum Gasteiger partial charge on any atom is 0.257 e. The highest BCUT2D eigenvalue weighted by atomic mass is 32.1. The van der Waals surface area contributed by atoms with Crippen LogP contribution >= 0.6 is 11.3 Å². The van der Waals surface area contributed by atoms with Gasteiger partial charge in [0.25, 0.3) is 5.91 Å². The number of carbonyl (C=O) groups is 1. The fourth-order valence-electron chi connectivity index (χ4n) is 2.52. The third kappa shape index (κ3) is 3.69. The summed E-state index contributed by atoms with van der Waals surface area (Å²) >= 11 is 1.30. The Kier molecular flexibility index (Phi) is 4.81. The molecule has 0 aliphatic heterocycles. The zero-order chi connectivity index (χ0) is 18.0. The number of rotatable bonds is 4.